The third-order valence-corrected chi connectivity index (χ3v) is 3.76. The maximum Gasteiger partial charge on any atom is 0.270 e. The lowest BCUT2D eigenvalue weighted by Crippen LogP contribution is -2.24. The Morgan fingerprint density at radius 1 is 1.25 bits per heavy atom. The number of nitriles is 1. The van der Waals surface area contributed by atoms with Crippen molar-refractivity contribution in [3.63, 3.8) is 0 Å². The molecule has 3 aromatic rings. The van der Waals surface area contributed by atoms with E-state index in [1.54, 1.807) is 31.2 Å². The highest BCUT2D eigenvalue weighted by atomic mass is 16.6. The van der Waals surface area contributed by atoms with Crippen molar-refractivity contribution in [3.05, 3.63) is 79.9 Å². The van der Waals surface area contributed by atoms with Crippen molar-refractivity contribution in [3.8, 4) is 6.07 Å². The van der Waals surface area contributed by atoms with Crippen LogP contribution in [0.15, 0.2) is 47.3 Å². The van der Waals surface area contributed by atoms with E-state index in [4.69, 9.17) is 5.26 Å². The van der Waals surface area contributed by atoms with Crippen molar-refractivity contribution in [2.75, 3.05) is 0 Å². The molecule has 118 valence electrons. The highest BCUT2D eigenvalue weighted by molar-refractivity contribution is 5.80. The monoisotopic (exact) mass is 320 g/mol. The van der Waals surface area contributed by atoms with E-state index >= 15 is 0 Å². The topological polar surface area (TPSA) is 102 Å². The summed E-state index contributed by atoms with van der Waals surface area (Å²) in [6.07, 6.45) is 0. The fourth-order valence-corrected chi connectivity index (χ4v) is 2.49. The molecule has 0 aliphatic carbocycles. The molecule has 0 amide bonds. The molecule has 24 heavy (non-hydrogen) atoms. The lowest BCUT2D eigenvalue weighted by atomic mass is 10.1. The van der Waals surface area contributed by atoms with Gasteiger partial charge in [0.05, 0.1) is 34.0 Å². The third kappa shape index (κ3) is 2.73. The van der Waals surface area contributed by atoms with Gasteiger partial charge in [0.2, 0.25) is 0 Å². The number of benzene rings is 2. The summed E-state index contributed by atoms with van der Waals surface area (Å²) in [4.78, 5) is 27.4. The quantitative estimate of drug-likeness (QED) is 0.545. The van der Waals surface area contributed by atoms with Crippen LogP contribution in [0.3, 0.4) is 0 Å². The molecule has 0 aliphatic rings. The van der Waals surface area contributed by atoms with E-state index in [0.29, 0.717) is 16.9 Å². The van der Waals surface area contributed by atoms with Gasteiger partial charge in [0, 0.05) is 12.1 Å². The van der Waals surface area contributed by atoms with Crippen LogP contribution in [0.1, 0.15) is 17.0 Å². The number of hydrogen-bond donors (Lipinski definition) is 0. The largest absolute Gasteiger partial charge is 0.292 e. The van der Waals surface area contributed by atoms with Gasteiger partial charge in [-0.1, -0.05) is 12.1 Å². The Kier molecular flexibility index (Phi) is 3.80. The number of non-ortho nitro benzene ring substituents is 1. The van der Waals surface area contributed by atoms with E-state index in [2.05, 4.69) is 4.98 Å². The van der Waals surface area contributed by atoms with Crippen LogP contribution in [-0.4, -0.2) is 14.5 Å². The van der Waals surface area contributed by atoms with E-state index in [-0.39, 0.29) is 23.2 Å². The number of hydrogen-bond acceptors (Lipinski definition) is 5. The van der Waals surface area contributed by atoms with Crippen LogP contribution in [0.2, 0.25) is 0 Å². The summed E-state index contributed by atoms with van der Waals surface area (Å²) >= 11 is 0. The number of nitrogens with zero attached hydrogens (tertiary/aromatic N) is 4. The molecule has 1 heterocycles. The number of aryl methyl sites for hydroxylation is 1. The molecule has 0 bridgehead atoms. The van der Waals surface area contributed by atoms with Crippen LogP contribution in [0.5, 0.6) is 0 Å². The summed E-state index contributed by atoms with van der Waals surface area (Å²) in [5, 5.41) is 19.9. The lowest BCUT2D eigenvalue weighted by molar-refractivity contribution is -0.384. The summed E-state index contributed by atoms with van der Waals surface area (Å²) < 4.78 is 1.47. The fourth-order valence-electron chi connectivity index (χ4n) is 2.49. The van der Waals surface area contributed by atoms with Crippen LogP contribution in [0.25, 0.3) is 10.9 Å². The molecular formula is C17H12N4O3. The van der Waals surface area contributed by atoms with Gasteiger partial charge in [0.15, 0.2) is 0 Å². The first-order valence-electron chi connectivity index (χ1n) is 7.14. The van der Waals surface area contributed by atoms with Crippen molar-refractivity contribution in [1.82, 2.24) is 9.55 Å². The number of rotatable bonds is 3. The second-order valence-electron chi connectivity index (χ2n) is 5.32. The molecule has 0 aliphatic heterocycles. The van der Waals surface area contributed by atoms with Crippen molar-refractivity contribution < 1.29 is 4.92 Å². The number of aromatic nitrogens is 2. The van der Waals surface area contributed by atoms with Crippen LogP contribution < -0.4 is 5.56 Å². The van der Waals surface area contributed by atoms with Gasteiger partial charge in [0.1, 0.15) is 5.82 Å². The number of nitro groups is 1. The smallest absolute Gasteiger partial charge is 0.270 e. The molecule has 0 spiro atoms. The van der Waals surface area contributed by atoms with Crippen molar-refractivity contribution in [2.45, 2.75) is 13.5 Å². The van der Waals surface area contributed by atoms with Crippen LogP contribution in [0.4, 0.5) is 5.69 Å². The van der Waals surface area contributed by atoms with Crippen LogP contribution in [-0.2, 0) is 6.54 Å². The lowest BCUT2D eigenvalue weighted by Gasteiger charge is -2.11. The maximum atomic E-state index is 12.7. The van der Waals surface area contributed by atoms with Gasteiger partial charge >= 0.3 is 0 Å². The van der Waals surface area contributed by atoms with Gasteiger partial charge in [-0.25, -0.2) is 4.98 Å². The molecule has 0 atom stereocenters. The zero-order valence-electron chi connectivity index (χ0n) is 12.8. The molecule has 0 radical (unpaired) electrons. The van der Waals surface area contributed by atoms with Crippen molar-refractivity contribution >= 4 is 16.6 Å². The SMILES string of the molecule is Cc1nc2ccc([N+](=O)[O-])cc2c(=O)n1Cc1ccc(C#N)cc1. The highest BCUT2D eigenvalue weighted by Crippen LogP contribution is 2.17. The standard InChI is InChI=1S/C17H12N4O3/c1-11-19-16-7-6-14(21(23)24)8-15(16)17(22)20(11)10-13-4-2-12(9-18)3-5-13/h2-8H,10H2,1H3. The normalized spacial score (nSPS) is 10.5. The molecular weight excluding hydrogens is 308 g/mol. The molecule has 7 heteroatoms. The van der Waals surface area contributed by atoms with Gasteiger partial charge in [0.25, 0.3) is 11.2 Å². The molecule has 1 aromatic heterocycles. The molecule has 0 saturated carbocycles. The third-order valence-electron chi connectivity index (χ3n) is 3.76. The van der Waals surface area contributed by atoms with Crippen molar-refractivity contribution in [2.24, 2.45) is 0 Å². The van der Waals surface area contributed by atoms with Crippen molar-refractivity contribution in [1.29, 1.82) is 5.26 Å². The first kappa shape index (κ1) is 15.4. The van der Waals surface area contributed by atoms with Gasteiger partial charge < -0.3 is 0 Å². The predicted molar refractivity (Wildman–Crippen MR) is 87.7 cm³/mol. The summed E-state index contributed by atoms with van der Waals surface area (Å²) in [7, 11) is 0. The van der Waals surface area contributed by atoms with E-state index in [1.807, 2.05) is 6.07 Å². The second kappa shape index (κ2) is 5.93. The Labute approximate surface area is 136 Å². The Morgan fingerprint density at radius 3 is 2.58 bits per heavy atom. The van der Waals surface area contributed by atoms with Crippen LogP contribution >= 0.6 is 0 Å². The Balaban J connectivity index is 2.11. The van der Waals surface area contributed by atoms with E-state index < -0.39 is 4.92 Å². The summed E-state index contributed by atoms with van der Waals surface area (Å²) in [5.74, 6) is 0.519. The van der Waals surface area contributed by atoms with E-state index in [9.17, 15) is 14.9 Å². The average molecular weight is 320 g/mol. The molecule has 2 aromatic carbocycles. The molecule has 7 nitrogen and oxygen atoms in total. The average Bonchev–Trinajstić information content (AvgIpc) is 2.58. The zero-order chi connectivity index (χ0) is 17.3. The minimum Gasteiger partial charge on any atom is -0.292 e. The first-order valence-corrected chi connectivity index (χ1v) is 7.14. The van der Waals surface area contributed by atoms with E-state index in [1.165, 1.54) is 22.8 Å². The zero-order valence-corrected chi connectivity index (χ0v) is 12.8. The number of fused-ring (bicyclic) bond motifs is 1. The van der Waals surface area contributed by atoms with Gasteiger partial charge in [-0.3, -0.25) is 19.5 Å². The fraction of sp³-hybridized carbons (Fsp3) is 0.118. The highest BCUT2D eigenvalue weighted by Gasteiger charge is 2.13. The number of nitro benzene ring substituents is 1. The summed E-state index contributed by atoms with van der Waals surface area (Å²) in [5.41, 5.74) is 1.33. The van der Waals surface area contributed by atoms with Gasteiger partial charge in [-0.2, -0.15) is 5.26 Å². The van der Waals surface area contributed by atoms with Gasteiger partial charge in [-0.15, -0.1) is 0 Å². The minimum absolute atomic E-state index is 0.143. The molecule has 0 N–H and O–H groups in total. The molecule has 0 unspecified atom stereocenters. The maximum absolute atomic E-state index is 12.7. The van der Waals surface area contributed by atoms with Crippen LogP contribution in [0, 0.1) is 28.4 Å². The van der Waals surface area contributed by atoms with E-state index in [0.717, 1.165) is 5.56 Å². The summed E-state index contributed by atoms with van der Waals surface area (Å²) in [6, 6.07) is 13.0. The Hall–Kier alpha value is -3.53. The molecule has 0 saturated heterocycles. The molecule has 0 fully saturated rings. The second-order valence-corrected chi connectivity index (χ2v) is 5.32. The minimum atomic E-state index is -0.538. The predicted octanol–water partition coefficient (Wildman–Crippen LogP) is 2.53. The van der Waals surface area contributed by atoms with Gasteiger partial charge in [-0.05, 0) is 30.7 Å². The summed E-state index contributed by atoms with van der Waals surface area (Å²) in [6.45, 7) is 1.99. The molecule has 3 rings (SSSR count). The Bertz CT molecular complexity index is 1050. The first-order chi connectivity index (χ1) is 11.5. The Morgan fingerprint density at radius 2 is 1.96 bits per heavy atom.